The van der Waals surface area contributed by atoms with Crippen LogP contribution in [0.2, 0.25) is 0 Å². The molecule has 2 aromatic carbocycles. The molecule has 0 aliphatic carbocycles. The summed E-state index contributed by atoms with van der Waals surface area (Å²) < 4.78 is 14.9. The molecule has 2 saturated heterocycles. The number of rotatable bonds is 5. The topological polar surface area (TPSA) is 48.1 Å². The van der Waals surface area contributed by atoms with E-state index in [0.29, 0.717) is 18.3 Å². The second-order valence-corrected chi connectivity index (χ2v) is 10.3. The van der Waals surface area contributed by atoms with Gasteiger partial charge in [-0.3, -0.25) is 0 Å². The van der Waals surface area contributed by atoms with Gasteiger partial charge in [-0.25, -0.2) is 14.4 Å². The van der Waals surface area contributed by atoms with Gasteiger partial charge in [0.15, 0.2) is 0 Å². The van der Waals surface area contributed by atoms with Crippen molar-refractivity contribution in [3.8, 4) is 11.3 Å². The number of aromatic nitrogens is 3. The Morgan fingerprint density at radius 3 is 2.66 bits per heavy atom. The van der Waals surface area contributed by atoms with Crippen LogP contribution in [0.25, 0.3) is 22.2 Å². The van der Waals surface area contributed by atoms with E-state index in [2.05, 4.69) is 57.1 Å². The molecule has 2 aromatic heterocycles. The van der Waals surface area contributed by atoms with Crippen LogP contribution in [0.5, 0.6) is 0 Å². The quantitative estimate of drug-likeness (QED) is 0.431. The molecule has 35 heavy (non-hydrogen) atoms. The summed E-state index contributed by atoms with van der Waals surface area (Å²) in [6.07, 6.45) is 6.29. The van der Waals surface area contributed by atoms with Gasteiger partial charge in [-0.15, -0.1) is 0 Å². The van der Waals surface area contributed by atoms with E-state index >= 15 is 0 Å². The molecule has 0 amide bonds. The molecule has 2 fully saturated rings. The van der Waals surface area contributed by atoms with Crippen molar-refractivity contribution in [3.63, 3.8) is 0 Å². The largest absolute Gasteiger partial charge is 0.370 e. The Morgan fingerprint density at radius 1 is 1.06 bits per heavy atom. The van der Waals surface area contributed by atoms with E-state index in [1.54, 1.807) is 12.4 Å². The maximum atomic E-state index is 14.9. The van der Waals surface area contributed by atoms with E-state index in [0.717, 1.165) is 71.7 Å². The van der Waals surface area contributed by atoms with Crippen molar-refractivity contribution >= 4 is 16.6 Å². The van der Waals surface area contributed by atoms with Crippen LogP contribution in [0.4, 0.5) is 10.1 Å². The van der Waals surface area contributed by atoms with E-state index < -0.39 is 0 Å². The van der Waals surface area contributed by atoms with Crippen LogP contribution in [0, 0.1) is 17.7 Å². The van der Waals surface area contributed by atoms with E-state index in [1.165, 1.54) is 12.0 Å². The van der Waals surface area contributed by atoms with Crippen LogP contribution in [0.15, 0.2) is 55.0 Å². The number of aryl methyl sites for hydroxylation is 1. The molecule has 4 aromatic rings. The number of hydrogen-bond acceptors (Lipinski definition) is 4. The third kappa shape index (κ3) is 4.31. The number of pyridine rings is 1. The van der Waals surface area contributed by atoms with E-state index in [4.69, 9.17) is 4.98 Å². The number of anilines is 1. The van der Waals surface area contributed by atoms with Gasteiger partial charge in [0.05, 0.1) is 17.5 Å². The van der Waals surface area contributed by atoms with Gasteiger partial charge in [-0.1, -0.05) is 31.2 Å². The third-order valence-electron chi connectivity index (χ3n) is 7.88. The summed E-state index contributed by atoms with van der Waals surface area (Å²) in [5.41, 5.74) is 7.07. The van der Waals surface area contributed by atoms with Gasteiger partial charge in [-0.2, -0.15) is 0 Å². The lowest BCUT2D eigenvalue weighted by molar-refractivity contribution is 0.178. The minimum absolute atomic E-state index is 0.129. The van der Waals surface area contributed by atoms with Crippen molar-refractivity contribution in [3.05, 3.63) is 77.6 Å². The molecule has 0 spiro atoms. The second-order valence-electron chi connectivity index (χ2n) is 10.3. The predicted molar refractivity (Wildman–Crippen MR) is 139 cm³/mol. The van der Waals surface area contributed by atoms with Crippen LogP contribution in [0.3, 0.4) is 0 Å². The predicted octanol–water partition coefficient (Wildman–Crippen LogP) is 5.31. The Morgan fingerprint density at radius 2 is 1.89 bits per heavy atom. The summed E-state index contributed by atoms with van der Waals surface area (Å²) in [4.78, 5) is 17.2. The van der Waals surface area contributed by atoms with Crippen LogP contribution in [0.1, 0.15) is 30.2 Å². The number of hydrogen-bond donors (Lipinski definition) is 1. The van der Waals surface area contributed by atoms with E-state index in [9.17, 15) is 4.39 Å². The standard InChI is InChI=1S/C29H32FN5/c1-3-20-11-28-25(12-26(20)30)29(35-16-22-8-9-34(2)15-23(22)17-35)13-27(33-28)21-6-4-19(5-7-21)10-24-14-31-18-32-24/h4-7,11-14,18,22-23H,3,8-10,15-17H2,1-2H3,(H,31,32). The molecule has 6 heteroatoms. The Hall–Kier alpha value is -3.25. The van der Waals surface area contributed by atoms with Crippen molar-refractivity contribution in [2.45, 2.75) is 26.2 Å². The average Bonchev–Trinajstić information content (AvgIpc) is 3.53. The number of fused-ring (bicyclic) bond motifs is 2. The first-order chi connectivity index (χ1) is 17.1. The lowest BCUT2D eigenvalue weighted by Gasteiger charge is -2.31. The summed E-state index contributed by atoms with van der Waals surface area (Å²) in [7, 11) is 2.22. The van der Waals surface area contributed by atoms with Gasteiger partial charge in [0, 0.05) is 54.6 Å². The lowest BCUT2D eigenvalue weighted by atomic mass is 9.89. The van der Waals surface area contributed by atoms with Gasteiger partial charge >= 0.3 is 0 Å². The van der Waals surface area contributed by atoms with Crippen molar-refractivity contribution in [2.24, 2.45) is 11.8 Å². The molecule has 2 aliphatic heterocycles. The number of piperidine rings is 1. The summed E-state index contributed by atoms with van der Waals surface area (Å²) in [6, 6.07) is 14.4. The Labute approximate surface area is 206 Å². The molecule has 6 rings (SSSR count). The smallest absolute Gasteiger partial charge is 0.127 e. The number of likely N-dealkylation sites (tertiary alicyclic amines) is 1. The first kappa shape index (κ1) is 22.2. The number of H-pyrrole nitrogens is 1. The van der Waals surface area contributed by atoms with Gasteiger partial charge in [0.2, 0.25) is 0 Å². The summed E-state index contributed by atoms with van der Waals surface area (Å²) >= 11 is 0. The molecule has 180 valence electrons. The number of aromatic amines is 1. The van der Waals surface area contributed by atoms with Gasteiger partial charge in [0.25, 0.3) is 0 Å². The third-order valence-corrected chi connectivity index (χ3v) is 7.88. The van der Waals surface area contributed by atoms with Gasteiger partial charge < -0.3 is 14.8 Å². The fourth-order valence-electron chi connectivity index (χ4n) is 5.89. The second kappa shape index (κ2) is 9.08. The van der Waals surface area contributed by atoms with Crippen LogP contribution < -0.4 is 4.90 Å². The van der Waals surface area contributed by atoms with Crippen LogP contribution >= 0.6 is 0 Å². The normalized spacial score (nSPS) is 20.5. The fraction of sp³-hybridized carbons (Fsp3) is 0.379. The molecule has 0 saturated carbocycles. The van der Waals surface area contributed by atoms with E-state index in [1.807, 2.05) is 19.2 Å². The van der Waals surface area contributed by atoms with Crippen molar-refractivity contribution in [2.75, 3.05) is 38.1 Å². The fourth-order valence-corrected chi connectivity index (χ4v) is 5.89. The highest BCUT2D eigenvalue weighted by Crippen LogP contribution is 2.39. The SMILES string of the molecule is CCc1cc2nc(-c3ccc(Cc4cnc[nH]4)cc3)cc(N3CC4CCN(C)CC4C3)c2cc1F. The summed E-state index contributed by atoms with van der Waals surface area (Å²) in [5, 5.41) is 0.923. The zero-order chi connectivity index (χ0) is 23.9. The summed E-state index contributed by atoms with van der Waals surface area (Å²) in [6.45, 7) is 6.36. The van der Waals surface area contributed by atoms with Gasteiger partial charge in [-0.05, 0) is 67.6 Å². The minimum Gasteiger partial charge on any atom is -0.370 e. The first-order valence-electron chi connectivity index (χ1n) is 12.7. The zero-order valence-corrected chi connectivity index (χ0v) is 20.5. The molecule has 0 radical (unpaired) electrons. The van der Waals surface area contributed by atoms with Crippen LogP contribution in [-0.4, -0.2) is 53.1 Å². The highest BCUT2D eigenvalue weighted by atomic mass is 19.1. The average molecular weight is 470 g/mol. The van der Waals surface area contributed by atoms with Crippen LogP contribution in [-0.2, 0) is 12.8 Å². The highest BCUT2D eigenvalue weighted by molar-refractivity contribution is 5.95. The number of nitrogens with one attached hydrogen (secondary N) is 1. The molecule has 0 bridgehead atoms. The van der Waals surface area contributed by atoms with Crippen molar-refractivity contribution in [1.82, 2.24) is 19.9 Å². The number of nitrogens with zero attached hydrogens (tertiary/aromatic N) is 4. The molecule has 2 aliphatic rings. The number of imidazole rings is 1. The molecular formula is C29H32FN5. The van der Waals surface area contributed by atoms with Crippen molar-refractivity contribution in [1.29, 1.82) is 0 Å². The molecule has 4 heterocycles. The van der Waals surface area contributed by atoms with Crippen molar-refractivity contribution < 1.29 is 4.39 Å². The number of benzene rings is 2. The Bertz CT molecular complexity index is 1330. The zero-order valence-electron chi connectivity index (χ0n) is 20.5. The molecular weight excluding hydrogens is 437 g/mol. The molecule has 2 atom stereocenters. The maximum Gasteiger partial charge on any atom is 0.127 e. The Kier molecular flexibility index (Phi) is 5.77. The van der Waals surface area contributed by atoms with Gasteiger partial charge in [0.1, 0.15) is 5.82 Å². The lowest BCUT2D eigenvalue weighted by Crippen LogP contribution is -2.37. The molecule has 5 nitrogen and oxygen atoms in total. The van der Waals surface area contributed by atoms with E-state index in [-0.39, 0.29) is 5.82 Å². The minimum atomic E-state index is -0.129. The molecule has 1 N–H and O–H groups in total. The highest BCUT2D eigenvalue weighted by Gasteiger charge is 2.36. The number of halogens is 1. The molecule has 2 unspecified atom stereocenters. The first-order valence-corrected chi connectivity index (χ1v) is 12.7. The maximum absolute atomic E-state index is 14.9. The Balaban J connectivity index is 1.39. The monoisotopic (exact) mass is 469 g/mol. The summed E-state index contributed by atoms with van der Waals surface area (Å²) in [5.74, 6) is 1.25.